The number of carbonyl (C=O) groups is 4. The van der Waals surface area contributed by atoms with Crippen LogP contribution in [0.25, 0.3) is 43.1 Å². The van der Waals surface area contributed by atoms with Gasteiger partial charge < -0.3 is 21.3 Å². The number of fused-ring (bicyclic) bond motifs is 4. The summed E-state index contributed by atoms with van der Waals surface area (Å²) in [6.07, 6.45) is 0. The Bertz CT molecular complexity index is 2850. The molecule has 9 rings (SSSR count). The predicted molar refractivity (Wildman–Crippen MR) is 308 cm³/mol. The number of carbonyl (C=O) groups excluding carboxylic acids is 4. The maximum absolute atomic E-state index is 14.0. The third kappa shape index (κ3) is 14.5. The second-order valence-electron chi connectivity index (χ2n) is 20.7. The first-order valence-electron chi connectivity index (χ1n) is 26.9. The molecule has 1 saturated heterocycles. The first-order chi connectivity index (χ1) is 36.9. The normalized spacial score (nSPS) is 16.3. The van der Waals surface area contributed by atoms with Crippen molar-refractivity contribution >= 4 is 66.7 Å². The van der Waals surface area contributed by atoms with Crippen LogP contribution in [-0.4, -0.2) is 122 Å². The van der Waals surface area contributed by atoms with Gasteiger partial charge in [-0.05, 0) is 117 Å². The minimum atomic E-state index is -0.224. The first-order valence-corrected chi connectivity index (χ1v) is 26.9. The minimum Gasteiger partial charge on any atom is -0.348 e. The highest BCUT2D eigenvalue weighted by molar-refractivity contribution is 5.87. The highest BCUT2D eigenvalue weighted by Gasteiger charge is 2.24. The average molecular weight is 1020 g/mol. The van der Waals surface area contributed by atoms with E-state index < -0.39 is 0 Å². The summed E-state index contributed by atoms with van der Waals surface area (Å²) in [6.45, 7) is 12.5. The molecule has 76 heavy (non-hydrogen) atoms. The molecule has 4 amide bonds. The highest BCUT2D eigenvalue weighted by Crippen LogP contribution is 2.24. The lowest BCUT2D eigenvalue weighted by molar-refractivity contribution is -0.125. The largest absolute Gasteiger partial charge is 0.348 e. The molecule has 0 spiro atoms. The number of amides is 4. The van der Waals surface area contributed by atoms with Gasteiger partial charge in [0.15, 0.2) is 0 Å². The van der Waals surface area contributed by atoms with E-state index >= 15 is 0 Å². The van der Waals surface area contributed by atoms with E-state index in [1.165, 1.54) is 0 Å². The fourth-order valence-corrected chi connectivity index (χ4v) is 10.4. The molecule has 0 aromatic heterocycles. The molecule has 0 radical (unpaired) electrons. The van der Waals surface area contributed by atoms with Crippen molar-refractivity contribution in [3.63, 3.8) is 0 Å². The van der Waals surface area contributed by atoms with Gasteiger partial charge in [-0.2, -0.15) is 0 Å². The van der Waals surface area contributed by atoms with Crippen molar-refractivity contribution in [3.8, 4) is 0 Å². The first kappa shape index (κ1) is 53.3. The summed E-state index contributed by atoms with van der Waals surface area (Å²) in [4.78, 5) is 64.7. The van der Waals surface area contributed by atoms with E-state index in [4.69, 9.17) is 0 Å². The Morgan fingerprint density at radius 3 is 0.684 bits per heavy atom. The smallest absolute Gasteiger partial charge is 0.234 e. The van der Waals surface area contributed by atoms with Gasteiger partial charge in [-0.1, -0.05) is 146 Å². The minimum absolute atomic E-state index is 0.107. The molecule has 1 aliphatic heterocycles. The highest BCUT2D eigenvalue weighted by atomic mass is 16.2. The van der Waals surface area contributed by atoms with Gasteiger partial charge in [0.25, 0.3) is 0 Å². The van der Waals surface area contributed by atoms with Crippen molar-refractivity contribution in [2.45, 2.75) is 51.9 Å². The third-order valence-electron chi connectivity index (χ3n) is 15.0. The van der Waals surface area contributed by atoms with Crippen LogP contribution in [0.1, 0.15) is 74.1 Å². The predicted octanol–water partition coefficient (Wildman–Crippen LogP) is 9.33. The summed E-state index contributed by atoms with van der Waals surface area (Å²) in [5, 5.41) is 22.0. The number of hydrogen-bond acceptors (Lipinski definition) is 8. The van der Waals surface area contributed by atoms with Gasteiger partial charge in [0.2, 0.25) is 23.6 Å². The van der Waals surface area contributed by atoms with Gasteiger partial charge in [-0.25, -0.2) is 0 Å². The molecule has 8 aromatic carbocycles. The van der Waals surface area contributed by atoms with Crippen molar-refractivity contribution in [2.75, 3.05) is 78.5 Å². The monoisotopic (exact) mass is 1020 g/mol. The van der Waals surface area contributed by atoms with Crippen LogP contribution in [0.4, 0.5) is 0 Å². The Kier molecular flexibility index (Phi) is 17.8. The zero-order chi connectivity index (χ0) is 53.0. The lowest BCUT2D eigenvalue weighted by atomic mass is 10.0. The lowest BCUT2D eigenvalue weighted by Gasteiger charge is -2.34. The average Bonchev–Trinajstić information content (AvgIpc) is 3.42. The van der Waals surface area contributed by atoms with Crippen molar-refractivity contribution in [3.05, 3.63) is 192 Å². The number of benzene rings is 8. The van der Waals surface area contributed by atoms with E-state index in [9.17, 15) is 19.2 Å². The summed E-state index contributed by atoms with van der Waals surface area (Å²) in [5.74, 6) is -0.426. The van der Waals surface area contributed by atoms with E-state index in [2.05, 4.69) is 162 Å². The summed E-state index contributed by atoms with van der Waals surface area (Å²) < 4.78 is 0. The Hall–Kier alpha value is -7.48. The maximum atomic E-state index is 14.0. The Labute approximate surface area is 447 Å². The summed E-state index contributed by atoms with van der Waals surface area (Å²) >= 11 is 0. The van der Waals surface area contributed by atoms with Crippen molar-refractivity contribution in [1.82, 2.24) is 40.9 Å². The van der Waals surface area contributed by atoms with Crippen LogP contribution in [0.15, 0.2) is 170 Å². The lowest BCUT2D eigenvalue weighted by Crippen LogP contribution is -2.51. The quantitative estimate of drug-likeness (QED) is 0.0755. The van der Waals surface area contributed by atoms with Gasteiger partial charge in [-0.15, -0.1) is 0 Å². The molecule has 4 N–H and O–H groups in total. The van der Waals surface area contributed by atoms with Gasteiger partial charge in [0, 0.05) is 52.4 Å². The molecule has 12 heteroatoms. The zero-order valence-electron chi connectivity index (χ0n) is 44.4. The van der Waals surface area contributed by atoms with Crippen molar-refractivity contribution in [1.29, 1.82) is 0 Å². The standard InChI is InChI=1S/C64H72N8O4/c1-45(53-25-21-49-13-5-9-17-57(49)37-53)65-61(73)41-69-29-31-70(42-62(74)66-46(2)54-26-22-50-14-6-10-18-58(50)38-54)33-35-72(44-64(76)68-48(4)56-28-24-52-16-8-12-20-60(52)40-56)36-34-71(32-30-69)43-63(75)67-47(3)55-27-23-51-15-7-11-19-59(51)39-55/h5-28,37-40,45-48H,29-36,41-44H2,1-4H3,(H,65,73)(H,66,74)(H,67,75)(H,68,76)/t45-,46-,47-,48-/m0/s1. The van der Waals surface area contributed by atoms with Crippen molar-refractivity contribution < 1.29 is 19.2 Å². The molecule has 0 aliphatic carbocycles. The van der Waals surface area contributed by atoms with E-state index in [0.29, 0.717) is 52.4 Å². The van der Waals surface area contributed by atoms with Crippen LogP contribution in [0.3, 0.4) is 0 Å². The summed E-state index contributed by atoms with van der Waals surface area (Å²) in [6, 6.07) is 57.1. The Balaban J connectivity index is 0.923. The van der Waals surface area contributed by atoms with Crippen LogP contribution in [0.2, 0.25) is 0 Å². The van der Waals surface area contributed by atoms with E-state index in [1.807, 2.05) is 76.2 Å². The summed E-state index contributed by atoms with van der Waals surface area (Å²) in [5.41, 5.74) is 4.08. The third-order valence-corrected chi connectivity index (χ3v) is 15.0. The molecule has 8 aromatic rings. The van der Waals surface area contributed by atoms with Crippen LogP contribution in [-0.2, 0) is 19.2 Å². The SMILES string of the molecule is C[C@H](NC(=O)CN1CCN(CC(=O)N[C@@H](C)c2ccc3ccccc3c2)CCN(CC(=O)N[C@@H](C)c2ccc3ccccc3c2)CCN(CC(=O)N[C@@H](C)c2ccc3ccccc3c2)CC1)c1ccc2ccccc2c1. The number of nitrogens with zero attached hydrogens (tertiary/aromatic N) is 4. The van der Waals surface area contributed by atoms with Gasteiger partial charge >= 0.3 is 0 Å². The van der Waals surface area contributed by atoms with Crippen LogP contribution in [0, 0.1) is 0 Å². The molecule has 0 bridgehead atoms. The van der Waals surface area contributed by atoms with Crippen LogP contribution in [0.5, 0.6) is 0 Å². The number of rotatable bonds is 16. The molecule has 392 valence electrons. The molecule has 0 unspecified atom stereocenters. The summed E-state index contributed by atoms with van der Waals surface area (Å²) in [7, 11) is 0. The second-order valence-corrected chi connectivity index (χ2v) is 20.7. The van der Waals surface area contributed by atoms with Gasteiger partial charge in [0.05, 0.1) is 50.3 Å². The molecular formula is C64H72N8O4. The molecule has 0 saturated carbocycles. The second kappa shape index (κ2) is 25.4. The molecule has 1 fully saturated rings. The molecule has 12 nitrogen and oxygen atoms in total. The van der Waals surface area contributed by atoms with Gasteiger partial charge in [-0.3, -0.25) is 38.8 Å². The van der Waals surface area contributed by atoms with E-state index in [-0.39, 0.29) is 74.0 Å². The van der Waals surface area contributed by atoms with Crippen molar-refractivity contribution in [2.24, 2.45) is 0 Å². The van der Waals surface area contributed by atoms with E-state index in [1.54, 1.807) is 0 Å². The maximum Gasteiger partial charge on any atom is 0.234 e. The number of hydrogen-bond donors (Lipinski definition) is 4. The van der Waals surface area contributed by atoms with E-state index in [0.717, 1.165) is 65.3 Å². The zero-order valence-corrected chi connectivity index (χ0v) is 44.4. The van der Waals surface area contributed by atoms with Crippen LogP contribution >= 0.6 is 0 Å². The fraction of sp³-hybridized carbons (Fsp3) is 0.312. The number of nitrogens with one attached hydrogen (secondary N) is 4. The molecular weight excluding hydrogens is 945 g/mol. The molecule has 1 heterocycles. The van der Waals surface area contributed by atoms with Gasteiger partial charge in [0.1, 0.15) is 0 Å². The molecule has 4 atom stereocenters. The topological polar surface area (TPSA) is 129 Å². The Morgan fingerprint density at radius 1 is 0.303 bits per heavy atom. The van der Waals surface area contributed by atoms with Crippen LogP contribution < -0.4 is 21.3 Å². The fourth-order valence-electron chi connectivity index (χ4n) is 10.4. The Morgan fingerprint density at radius 2 is 0.487 bits per heavy atom. The molecule has 1 aliphatic rings.